The minimum absolute atomic E-state index is 0.0775. The first-order valence-corrected chi connectivity index (χ1v) is 12.4. The lowest BCUT2D eigenvalue weighted by Gasteiger charge is -2.20. The second kappa shape index (κ2) is 11.3. The Balaban J connectivity index is 1.48. The van der Waals surface area contributed by atoms with Gasteiger partial charge in [0.15, 0.2) is 5.17 Å². The van der Waals surface area contributed by atoms with Crippen molar-refractivity contribution in [3.05, 3.63) is 54.3 Å². The van der Waals surface area contributed by atoms with Gasteiger partial charge in [0, 0.05) is 23.6 Å². The Hall–Kier alpha value is -2.50. The number of hydrogen-bond acceptors (Lipinski definition) is 6. The van der Waals surface area contributed by atoms with E-state index in [2.05, 4.69) is 10.3 Å². The molecule has 1 N–H and O–H groups in total. The van der Waals surface area contributed by atoms with Gasteiger partial charge in [-0.3, -0.25) is 14.5 Å². The lowest BCUT2D eigenvalue weighted by Crippen LogP contribution is -2.38. The molecule has 2 saturated heterocycles. The van der Waals surface area contributed by atoms with Gasteiger partial charge in [-0.25, -0.2) is 9.38 Å². The van der Waals surface area contributed by atoms with Crippen LogP contribution in [0.2, 0.25) is 0 Å². The number of halogens is 3. The molecule has 2 atom stereocenters. The van der Waals surface area contributed by atoms with Crippen LogP contribution in [0.5, 0.6) is 0 Å². The first kappa shape index (κ1) is 24.6. The minimum atomic E-state index is -2.51. The Morgan fingerprint density at radius 3 is 2.59 bits per heavy atom. The Kier molecular flexibility index (Phi) is 8.17. The van der Waals surface area contributed by atoms with Gasteiger partial charge >= 0.3 is 0 Å². The lowest BCUT2D eigenvalue weighted by molar-refractivity contribution is -0.129. The van der Waals surface area contributed by atoms with E-state index >= 15 is 0 Å². The van der Waals surface area contributed by atoms with Crippen LogP contribution in [-0.4, -0.2) is 52.1 Å². The molecule has 0 radical (unpaired) electrons. The molecule has 0 unspecified atom stereocenters. The molecule has 2 fully saturated rings. The summed E-state index contributed by atoms with van der Waals surface area (Å²) in [5, 5.41) is 2.44. The lowest BCUT2D eigenvalue weighted by atomic mass is 10.2. The first-order chi connectivity index (χ1) is 16.4. The van der Waals surface area contributed by atoms with Crippen molar-refractivity contribution in [1.82, 2.24) is 4.90 Å². The SMILES string of the molecule is O=C(C[C@@H]1SC(=Nc2ccc(SC(F)F)cc2)N(C[C@@H]2CCCO2)C1=O)Nc1ccc(F)cc1. The number of rotatable bonds is 8. The van der Waals surface area contributed by atoms with Crippen molar-refractivity contribution < 1.29 is 27.5 Å². The third-order valence-electron chi connectivity index (χ3n) is 5.22. The number of ether oxygens (including phenoxy) is 1. The van der Waals surface area contributed by atoms with Crippen LogP contribution >= 0.6 is 23.5 Å². The van der Waals surface area contributed by atoms with E-state index in [1.807, 2.05) is 0 Å². The number of nitrogens with zero attached hydrogens (tertiary/aromatic N) is 2. The quantitative estimate of drug-likeness (QED) is 0.491. The average molecular weight is 510 g/mol. The highest BCUT2D eigenvalue weighted by molar-refractivity contribution is 8.15. The third kappa shape index (κ3) is 6.55. The number of thioether (sulfide) groups is 2. The molecule has 2 aliphatic rings. The molecule has 2 aliphatic heterocycles. The van der Waals surface area contributed by atoms with E-state index in [-0.39, 0.29) is 24.3 Å². The average Bonchev–Trinajstić information content (AvgIpc) is 3.41. The second-order valence-electron chi connectivity index (χ2n) is 7.72. The fourth-order valence-corrected chi connectivity index (χ4v) is 5.28. The number of aliphatic imine (C=N–C) groups is 1. The van der Waals surface area contributed by atoms with Crippen molar-refractivity contribution in [2.75, 3.05) is 18.5 Å². The van der Waals surface area contributed by atoms with E-state index in [0.717, 1.165) is 12.8 Å². The highest BCUT2D eigenvalue weighted by Crippen LogP contribution is 2.34. The van der Waals surface area contributed by atoms with Crippen LogP contribution in [0.3, 0.4) is 0 Å². The molecule has 0 aromatic heterocycles. The number of hydrogen-bond donors (Lipinski definition) is 1. The molecule has 180 valence electrons. The van der Waals surface area contributed by atoms with Gasteiger partial charge in [0.05, 0.1) is 18.3 Å². The summed E-state index contributed by atoms with van der Waals surface area (Å²) in [5.41, 5.74) is 0.955. The predicted molar refractivity (Wildman–Crippen MR) is 127 cm³/mol. The number of nitrogens with one attached hydrogen (secondary N) is 1. The van der Waals surface area contributed by atoms with Crippen molar-refractivity contribution in [2.45, 2.75) is 41.3 Å². The van der Waals surface area contributed by atoms with Crippen molar-refractivity contribution in [3.63, 3.8) is 0 Å². The number of carbonyl (C=O) groups is 2. The van der Waals surface area contributed by atoms with Crippen LogP contribution < -0.4 is 5.32 Å². The van der Waals surface area contributed by atoms with E-state index < -0.39 is 16.8 Å². The normalized spacial score (nSPS) is 21.6. The van der Waals surface area contributed by atoms with Gasteiger partial charge < -0.3 is 10.1 Å². The van der Waals surface area contributed by atoms with Crippen molar-refractivity contribution >= 4 is 51.9 Å². The Labute approximate surface area is 203 Å². The highest BCUT2D eigenvalue weighted by Gasteiger charge is 2.40. The highest BCUT2D eigenvalue weighted by atomic mass is 32.2. The topological polar surface area (TPSA) is 71.0 Å². The molecule has 2 heterocycles. The van der Waals surface area contributed by atoms with Gasteiger partial charge in [-0.1, -0.05) is 23.5 Å². The molecule has 4 rings (SSSR count). The predicted octanol–water partition coefficient (Wildman–Crippen LogP) is 5.28. The maximum Gasteiger partial charge on any atom is 0.288 e. The largest absolute Gasteiger partial charge is 0.376 e. The summed E-state index contributed by atoms with van der Waals surface area (Å²) in [6, 6.07) is 11.7. The summed E-state index contributed by atoms with van der Waals surface area (Å²) in [4.78, 5) is 32.2. The summed E-state index contributed by atoms with van der Waals surface area (Å²) in [7, 11) is 0. The van der Waals surface area contributed by atoms with Crippen LogP contribution in [0.25, 0.3) is 0 Å². The minimum Gasteiger partial charge on any atom is -0.376 e. The maximum atomic E-state index is 13.2. The number of anilines is 1. The van der Waals surface area contributed by atoms with Crippen molar-refractivity contribution in [2.24, 2.45) is 4.99 Å². The second-order valence-corrected chi connectivity index (χ2v) is 9.95. The zero-order valence-electron chi connectivity index (χ0n) is 18.0. The molecule has 6 nitrogen and oxygen atoms in total. The molecule has 11 heteroatoms. The number of carbonyl (C=O) groups excluding carboxylic acids is 2. The van der Waals surface area contributed by atoms with Crippen LogP contribution in [0, 0.1) is 5.82 Å². The summed E-state index contributed by atoms with van der Waals surface area (Å²) >= 11 is 1.63. The number of amides is 2. The fourth-order valence-electron chi connectivity index (χ4n) is 3.61. The number of amidine groups is 1. The summed E-state index contributed by atoms with van der Waals surface area (Å²) in [6.07, 6.45) is 1.56. The van der Waals surface area contributed by atoms with Gasteiger partial charge in [-0.2, -0.15) is 8.78 Å². The van der Waals surface area contributed by atoms with E-state index in [1.54, 1.807) is 24.3 Å². The van der Waals surface area contributed by atoms with Gasteiger partial charge in [0.2, 0.25) is 11.8 Å². The van der Waals surface area contributed by atoms with Crippen LogP contribution in [0.4, 0.5) is 24.5 Å². The molecule has 34 heavy (non-hydrogen) atoms. The van der Waals surface area contributed by atoms with E-state index in [9.17, 15) is 22.8 Å². The first-order valence-electron chi connectivity index (χ1n) is 10.7. The summed E-state index contributed by atoms with van der Waals surface area (Å²) < 4.78 is 43.9. The molecule has 0 saturated carbocycles. The van der Waals surface area contributed by atoms with Gasteiger partial charge in [0.1, 0.15) is 11.1 Å². The molecule has 2 aromatic carbocycles. The molecule has 2 amide bonds. The Morgan fingerprint density at radius 2 is 1.94 bits per heavy atom. The fraction of sp³-hybridized carbons (Fsp3) is 0.348. The van der Waals surface area contributed by atoms with E-state index in [4.69, 9.17) is 4.74 Å². The smallest absolute Gasteiger partial charge is 0.288 e. The van der Waals surface area contributed by atoms with Crippen LogP contribution in [0.1, 0.15) is 19.3 Å². The molecule has 0 bridgehead atoms. The standard InChI is InChI=1S/C23H22F3N3O3S2/c24-14-3-5-15(6-4-14)27-20(30)12-19-21(31)29(13-17-2-1-11-32-17)23(34-19)28-16-7-9-18(10-8-16)33-22(25)26/h3-10,17,19,22H,1-2,11-13H2,(H,27,30)/t17-,19-/m0/s1. The van der Waals surface area contributed by atoms with Gasteiger partial charge in [-0.15, -0.1) is 0 Å². The van der Waals surface area contributed by atoms with E-state index in [0.29, 0.717) is 46.4 Å². The summed E-state index contributed by atoms with van der Waals surface area (Å²) in [6.45, 7) is 0.971. The zero-order valence-corrected chi connectivity index (χ0v) is 19.6. The third-order valence-corrected chi connectivity index (χ3v) is 7.11. The van der Waals surface area contributed by atoms with Crippen LogP contribution in [0.15, 0.2) is 58.4 Å². The van der Waals surface area contributed by atoms with Crippen LogP contribution in [-0.2, 0) is 14.3 Å². The molecule has 2 aromatic rings. The molecular formula is C23H22F3N3O3S2. The van der Waals surface area contributed by atoms with E-state index in [1.165, 1.54) is 40.9 Å². The Morgan fingerprint density at radius 1 is 1.21 bits per heavy atom. The maximum absolute atomic E-state index is 13.2. The number of benzene rings is 2. The monoisotopic (exact) mass is 509 g/mol. The summed E-state index contributed by atoms with van der Waals surface area (Å²) in [5.74, 6) is -3.53. The van der Waals surface area contributed by atoms with Gasteiger partial charge in [0.25, 0.3) is 5.76 Å². The van der Waals surface area contributed by atoms with Crippen molar-refractivity contribution in [1.29, 1.82) is 0 Å². The molecular weight excluding hydrogens is 487 g/mol. The Bertz CT molecular complexity index is 1050. The van der Waals surface area contributed by atoms with Crippen molar-refractivity contribution in [3.8, 4) is 0 Å². The zero-order chi connectivity index (χ0) is 24.1. The molecule has 0 aliphatic carbocycles. The number of alkyl halides is 2. The molecule has 0 spiro atoms. The van der Waals surface area contributed by atoms with Gasteiger partial charge in [-0.05, 0) is 61.4 Å².